The van der Waals surface area contributed by atoms with Gasteiger partial charge >= 0.3 is 5.97 Å². The first-order chi connectivity index (χ1) is 13.4. The van der Waals surface area contributed by atoms with Crippen molar-refractivity contribution in [1.29, 1.82) is 0 Å². The fraction of sp³-hybridized carbons (Fsp3) is 0.652. The highest BCUT2D eigenvalue weighted by Crippen LogP contribution is 2.66. The van der Waals surface area contributed by atoms with Crippen LogP contribution < -0.4 is 4.74 Å². The number of benzene rings is 1. The summed E-state index contributed by atoms with van der Waals surface area (Å²) < 4.78 is 5.33. The first kappa shape index (κ1) is 18.0. The average Bonchev–Trinajstić information content (AvgIpc) is 3.17. The number of rotatable bonds is 4. The van der Waals surface area contributed by atoms with E-state index in [0.29, 0.717) is 31.3 Å². The van der Waals surface area contributed by atoms with Gasteiger partial charge in [-0.2, -0.15) is 0 Å². The molecule has 4 aliphatic carbocycles. The Balaban J connectivity index is 1.44. The van der Waals surface area contributed by atoms with Gasteiger partial charge in [-0.1, -0.05) is 12.1 Å². The van der Waals surface area contributed by atoms with E-state index in [0.717, 1.165) is 25.0 Å². The van der Waals surface area contributed by atoms with Crippen LogP contribution in [-0.4, -0.2) is 42.1 Å². The van der Waals surface area contributed by atoms with E-state index in [9.17, 15) is 14.7 Å². The molecule has 5 fully saturated rings. The highest BCUT2D eigenvalue weighted by atomic mass is 16.5. The van der Waals surface area contributed by atoms with E-state index in [1.807, 2.05) is 17.0 Å². The van der Waals surface area contributed by atoms with Crippen LogP contribution in [0.3, 0.4) is 0 Å². The zero-order valence-electron chi connectivity index (χ0n) is 16.5. The summed E-state index contributed by atoms with van der Waals surface area (Å²) in [6.07, 6.45) is 7.12. The first-order valence-corrected chi connectivity index (χ1v) is 10.6. The van der Waals surface area contributed by atoms with Crippen LogP contribution in [0, 0.1) is 23.2 Å². The molecule has 5 aliphatic rings. The van der Waals surface area contributed by atoms with Crippen molar-refractivity contribution < 1.29 is 19.4 Å². The third-order valence-electron chi connectivity index (χ3n) is 8.04. The second-order valence-electron chi connectivity index (χ2n) is 9.83. The highest BCUT2D eigenvalue weighted by molar-refractivity contribution is 5.85. The van der Waals surface area contributed by atoms with Crippen LogP contribution in [0.5, 0.6) is 5.75 Å². The summed E-state index contributed by atoms with van der Waals surface area (Å²) in [5, 5.41) is 9.33. The SMILES string of the molecule is COc1ccc(C23CC4CC(CC(C(=O)N5CCC(C(=O)O)C5)(C4)C2)C3)cc1. The Bertz CT molecular complexity index is 787. The highest BCUT2D eigenvalue weighted by Gasteiger charge is 2.61. The van der Waals surface area contributed by atoms with Crippen molar-refractivity contribution in [3.63, 3.8) is 0 Å². The lowest BCUT2D eigenvalue weighted by Crippen LogP contribution is -2.59. The predicted octanol–water partition coefficient (Wildman–Crippen LogP) is 3.47. The van der Waals surface area contributed by atoms with Crippen molar-refractivity contribution in [2.45, 2.75) is 50.4 Å². The maximum absolute atomic E-state index is 13.7. The Morgan fingerprint density at radius 2 is 1.79 bits per heavy atom. The Morgan fingerprint density at radius 1 is 1.11 bits per heavy atom. The van der Waals surface area contributed by atoms with Crippen molar-refractivity contribution in [1.82, 2.24) is 4.90 Å². The molecule has 1 aromatic rings. The molecule has 1 aliphatic heterocycles. The number of hydrogen-bond donors (Lipinski definition) is 1. The molecule has 0 radical (unpaired) electrons. The summed E-state index contributed by atoms with van der Waals surface area (Å²) in [4.78, 5) is 26.9. The van der Waals surface area contributed by atoms with E-state index in [1.54, 1.807) is 7.11 Å². The van der Waals surface area contributed by atoms with Gasteiger partial charge in [0.2, 0.25) is 5.91 Å². The fourth-order valence-electron chi connectivity index (χ4n) is 7.28. The number of hydrogen-bond acceptors (Lipinski definition) is 3. The fourth-order valence-corrected chi connectivity index (χ4v) is 7.28. The van der Waals surface area contributed by atoms with E-state index >= 15 is 0 Å². The molecular weight excluding hydrogens is 354 g/mol. The lowest BCUT2D eigenvalue weighted by atomic mass is 9.42. The second kappa shape index (κ2) is 6.23. The van der Waals surface area contributed by atoms with Crippen LogP contribution >= 0.6 is 0 Å². The Kier molecular flexibility index (Phi) is 4.01. The van der Waals surface area contributed by atoms with Crippen LogP contribution in [0.1, 0.15) is 50.5 Å². The number of carbonyl (C=O) groups excluding carboxylic acids is 1. The molecule has 6 rings (SSSR count). The number of likely N-dealkylation sites (tertiary alicyclic amines) is 1. The van der Waals surface area contributed by atoms with Crippen LogP contribution in [0.2, 0.25) is 0 Å². The minimum atomic E-state index is -0.768. The van der Waals surface area contributed by atoms with E-state index in [4.69, 9.17) is 4.74 Å². The van der Waals surface area contributed by atoms with Gasteiger partial charge in [0.1, 0.15) is 5.75 Å². The molecule has 4 saturated carbocycles. The van der Waals surface area contributed by atoms with Crippen molar-refractivity contribution >= 4 is 11.9 Å². The Hall–Kier alpha value is -2.04. The second-order valence-corrected chi connectivity index (χ2v) is 9.83. The summed E-state index contributed by atoms with van der Waals surface area (Å²) in [6.45, 7) is 0.989. The van der Waals surface area contributed by atoms with Gasteiger partial charge < -0.3 is 14.7 Å². The molecule has 5 nitrogen and oxygen atoms in total. The molecule has 1 saturated heterocycles. The van der Waals surface area contributed by atoms with Crippen LogP contribution in [0.4, 0.5) is 0 Å². The largest absolute Gasteiger partial charge is 0.497 e. The minimum Gasteiger partial charge on any atom is -0.497 e. The maximum atomic E-state index is 13.7. The molecule has 3 atom stereocenters. The van der Waals surface area contributed by atoms with Gasteiger partial charge in [-0.25, -0.2) is 0 Å². The van der Waals surface area contributed by atoms with Crippen molar-refractivity contribution in [3.8, 4) is 5.75 Å². The lowest BCUT2D eigenvalue weighted by Gasteiger charge is -2.62. The van der Waals surface area contributed by atoms with Crippen molar-refractivity contribution in [3.05, 3.63) is 29.8 Å². The molecule has 4 bridgehead atoms. The summed E-state index contributed by atoms with van der Waals surface area (Å²) in [6, 6.07) is 8.47. The summed E-state index contributed by atoms with van der Waals surface area (Å²) >= 11 is 0. The zero-order valence-corrected chi connectivity index (χ0v) is 16.5. The van der Waals surface area contributed by atoms with E-state index in [2.05, 4.69) is 12.1 Å². The Labute approximate surface area is 166 Å². The predicted molar refractivity (Wildman–Crippen MR) is 104 cm³/mol. The van der Waals surface area contributed by atoms with Gasteiger partial charge in [-0.15, -0.1) is 0 Å². The number of carbonyl (C=O) groups is 2. The quantitative estimate of drug-likeness (QED) is 0.865. The minimum absolute atomic E-state index is 0.0952. The summed E-state index contributed by atoms with van der Waals surface area (Å²) in [7, 11) is 1.69. The van der Waals surface area contributed by atoms with Gasteiger partial charge in [0.05, 0.1) is 18.4 Å². The van der Waals surface area contributed by atoms with Crippen molar-refractivity contribution in [2.24, 2.45) is 23.2 Å². The first-order valence-electron chi connectivity index (χ1n) is 10.6. The van der Waals surface area contributed by atoms with E-state index < -0.39 is 11.9 Å². The topological polar surface area (TPSA) is 66.8 Å². The standard InChI is InChI=1S/C23H29NO4/c1-28-19-4-2-18(3-5-19)22-9-15-8-16(10-22)12-23(11-15,14-22)21(27)24-7-6-17(13-24)20(25)26/h2-5,15-17H,6-14H2,1H3,(H,25,26). The van der Waals surface area contributed by atoms with E-state index in [-0.39, 0.29) is 16.7 Å². The number of carboxylic acid groups (broad SMARTS) is 1. The number of carboxylic acids is 1. The Morgan fingerprint density at radius 3 is 2.36 bits per heavy atom. The average molecular weight is 383 g/mol. The van der Waals surface area contributed by atoms with Gasteiger partial charge in [0.15, 0.2) is 0 Å². The third-order valence-corrected chi connectivity index (χ3v) is 8.04. The molecule has 1 heterocycles. The zero-order chi connectivity index (χ0) is 19.5. The molecular formula is C23H29NO4. The smallest absolute Gasteiger partial charge is 0.308 e. The van der Waals surface area contributed by atoms with Crippen LogP contribution in [0.25, 0.3) is 0 Å². The van der Waals surface area contributed by atoms with Crippen LogP contribution in [0.15, 0.2) is 24.3 Å². The number of amides is 1. The van der Waals surface area contributed by atoms with E-state index in [1.165, 1.54) is 24.8 Å². The lowest BCUT2D eigenvalue weighted by molar-refractivity contribution is -0.159. The molecule has 28 heavy (non-hydrogen) atoms. The van der Waals surface area contributed by atoms with Gasteiger partial charge in [-0.3, -0.25) is 9.59 Å². The normalized spacial score (nSPS) is 38.6. The number of aliphatic carboxylic acids is 1. The number of nitrogens with zero attached hydrogens (tertiary/aromatic N) is 1. The molecule has 150 valence electrons. The van der Waals surface area contributed by atoms with Crippen LogP contribution in [-0.2, 0) is 15.0 Å². The van der Waals surface area contributed by atoms with Crippen molar-refractivity contribution in [2.75, 3.05) is 20.2 Å². The molecule has 0 aromatic heterocycles. The monoisotopic (exact) mass is 383 g/mol. The van der Waals surface area contributed by atoms with Gasteiger partial charge in [0, 0.05) is 13.1 Å². The summed E-state index contributed by atoms with van der Waals surface area (Å²) in [5.74, 6) is 1.18. The van der Waals surface area contributed by atoms with Gasteiger partial charge in [0.25, 0.3) is 0 Å². The molecule has 3 unspecified atom stereocenters. The maximum Gasteiger partial charge on any atom is 0.308 e. The molecule has 1 amide bonds. The van der Waals surface area contributed by atoms with Gasteiger partial charge in [-0.05, 0) is 79.9 Å². The molecule has 5 heteroatoms. The molecule has 0 spiro atoms. The number of methoxy groups -OCH3 is 1. The third kappa shape index (κ3) is 2.66. The molecule has 1 N–H and O–H groups in total. The number of ether oxygens (including phenoxy) is 1. The molecule has 1 aromatic carbocycles. The summed E-state index contributed by atoms with van der Waals surface area (Å²) in [5.41, 5.74) is 1.17.